The summed E-state index contributed by atoms with van der Waals surface area (Å²) in [6.07, 6.45) is 0. The molecule has 0 fully saturated rings. The maximum Gasteiger partial charge on any atom is 0.377 e. The fourth-order valence-electron chi connectivity index (χ4n) is 1.06. The molecule has 0 aliphatic rings. The van der Waals surface area contributed by atoms with Gasteiger partial charge in [0, 0.05) is 11.3 Å². The van der Waals surface area contributed by atoms with Crippen LogP contribution >= 0.6 is 0 Å². The molecule has 92 valence electrons. The van der Waals surface area contributed by atoms with Crippen LogP contribution in [0.25, 0.3) is 0 Å². The van der Waals surface area contributed by atoms with Crippen molar-refractivity contribution in [3.63, 3.8) is 0 Å². The van der Waals surface area contributed by atoms with E-state index in [1.54, 1.807) is 0 Å². The molecule has 6 nitrogen and oxygen atoms in total. The minimum absolute atomic E-state index is 0.00283. The first-order valence-corrected chi connectivity index (χ1v) is 6.39. The summed E-state index contributed by atoms with van der Waals surface area (Å²) in [5.74, 6) is -2.65. The molecule has 0 amide bonds. The number of rotatable bonds is 5. The number of sulfonamides is 1. The third-order valence-corrected chi connectivity index (χ3v) is 3.30. The van der Waals surface area contributed by atoms with E-state index in [1.807, 2.05) is 0 Å². The number of benzene rings is 1. The molecule has 1 rings (SSSR count). The van der Waals surface area contributed by atoms with E-state index in [9.17, 15) is 18.0 Å². The van der Waals surface area contributed by atoms with Crippen LogP contribution in [0.2, 0.25) is 0 Å². The van der Waals surface area contributed by atoms with E-state index in [2.05, 4.69) is 4.72 Å². The number of anilines is 1. The van der Waals surface area contributed by atoms with Crippen LogP contribution in [0.15, 0.2) is 24.3 Å². The molecule has 0 unspecified atom stereocenters. The molecule has 7 heteroatoms. The van der Waals surface area contributed by atoms with Crippen molar-refractivity contribution in [2.24, 2.45) is 0 Å². The van der Waals surface area contributed by atoms with Crippen molar-refractivity contribution in [1.29, 1.82) is 0 Å². The first-order valence-electron chi connectivity index (χ1n) is 4.74. The first kappa shape index (κ1) is 13.2. The Hall–Kier alpha value is -1.89. The van der Waals surface area contributed by atoms with Crippen LogP contribution < -0.4 is 4.72 Å². The predicted octanol–water partition coefficient (Wildman–Crippen LogP) is 0.715. The Morgan fingerprint density at radius 3 is 2.18 bits per heavy atom. The third-order valence-electron chi connectivity index (χ3n) is 1.99. The Balaban J connectivity index is 2.89. The van der Waals surface area contributed by atoms with Crippen LogP contribution in [0.3, 0.4) is 0 Å². The Bertz CT molecular complexity index is 532. The van der Waals surface area contributed by atoms with Gasteiger partial charge in [-0.2, -0.15) is 0 Å². The Labute approximate surface area is 98.3 Å². The van der Waals surface area contributed by atoms with Gasteiger partial charge >= 0.3 is 5.97 Å². The molecule has 0 saturated heterocycles. The lowest BCUT2D eigenvalue weighted by Crippen LogP contribution is -2.15. The highest BCUT2D eigenvalue weighted by Crippen LogP contribution is 2.12. The van der Waals surface area contributed by atoms with Crippen LogP contribution in [0.1, 0.15) is 17.3 Å². The number of nitrogens with one attached hydrogen (secondary N) is 1. The average molecular weight is 257 g/mol. The lowest BCUT2D eigenvalue weighted by atomic mass is 10.1. The normalized spacial score (nSPS) is 10.9. The minimum atomic E-state index is -3.37. The molecule has 17 heavy (non-hydrogen) atoms. The van der Waals surface area contributed by atoms with Crippen molar-refractivity contribution in [3.05, 3.63) is 29.8 Å². The zero-order chi connectivity index (χ0) is 13.1. The van der Waals surface area contributed by atoms with Crippen LogP contribution in [-0.4, -0.2) is 31.0 Å². The molecule has 0 radical (unpaired) electrons. The summed E-state index contributed by atoms with van der Waals surface area (Å²) >= 11 is 0. The highest BCUT2D eigenvalue weighted by atomic mass is 32.2. The molecule has 0 aliphatic heterocycles. The molecule has 0 saturated carbocycles. The summed E-state index contributed by atoms with van der Waals surface area (Å²) in [4.78, 5) is 21.5. The number of Topliss-reactive ketones (excluding diaryl/α,β-unsaturated/α-hetero) is 1. The Morgan fingerprint density at radius 2 is 1.76 bits per heavy atom. The summed E-state index contributed by atoms with van der Waals surface area (Å²) in [7, 11) is -3.37. The van der Waals surface area contributed by atoms with E-state index in [0.29, 0.717) is 0 Å². The van der Waals surface area contributed by atoms with E-state index < -0.39 is 21.8 Å². The van der Waals surface area contributed by atoms with E-state index in [1.165, 1.54) is 31.2 Å². The molecule has 0 bridgehead atoms. The molecule has 0 spiro atoms. The highest BCUT2D eigenvalue weighted by molar-refractivity contribution is 7.92. The SMILES string of the molecule is CCS(=O)(=O)Nc1ccc(C(=O)C(=O)O)cc1. The summed E-state index contributed by atoms with van der Waals surface area (Å²) in [6.45, 7) is 1.49. The number of carbonyl (C=O) groups is 2. The Kier molecular flexibility index (Phi) is 3.84. The van der Waals surface area contributed by atoms with Crippen molar-refractivity contribution in [1.82, 2.24) is 0 Å². The second-order valence-corrected chi connectivity index (χ2v) is 5.23. The van der Waals surface area contributed by atoms with Gasteiger partial charge in [0.15, 0.2) is 0 Å². The van der Waals surface area contributed by atoms with Gasteiger partial charge in [-0.1, -0.05) is 0 Å². The van der Waals surface area contributed by atoms with Gasteiger partial charge in [0.1, 0.15) is 0 Å². The smallest absolute Gasteiger partial charge is 0.377 e. The van der Waals surface area contributed by atoms with Gasteiger partial charge < -0.3 is 5.11 Å². The standard InChI is InChI=1S/C10H11NO5S/c1-2-17(15,16)11-8-5-3-7(4-6-8)9(12)10(13)14/h3-6,11H,2H2,1H3,(H,13,14). The number of ketones is 1. The monoisotopic (exact) mass is 257 g/mol. The number of carboxylic acids is 1. The molecule has 0 heterocycles. The highest BCUT2D eigenvalue weighted by Gasteiger charge is 2.14. The van der Waals surface area contributed by atoms with Gasteiger partial charge in [0.05, 0.1) is 5.75 Å². The van der Waals surface area contributed by atoms with Crippen molar-refractivity contribution < 1.29 is 23.1 Å². The fourth-order valence-corrected chi connectivity index (χ4v) is 1.70. The van der Waals surface area contributed by atoms with Gasteiger partial charge in [-0.15, -0.1) is 0 Å². The maximum atomic E-state index is 11.2. The second-order valence-electron chi connectivity index (χ2n) is 3.22. The van der Waals surface area contributed by atoms with Crippen molar-refractivity contribution in [3.8, 4) is 0 Å². The van der Waals surface area contributed by atoms with E-state index >= 15 is 0 Å². The van der Waals surface area contributed by atoms with E-state index in [-0.39, 0.29) is 17.0 Å². The number of hydrogen-bond acceptors (Lipinski definition) is 4. The number of aliphatic carboxylic acids is 1. The molecule has 0 aromatic heterocycles. The van der Waals surface area contributed by atoms with Crippen LogP contribution in [0.5, 0.6) is 0 Å². The molecular formula is C10H11NO5S. The zero-order valence-corrected chi connectivity index (χ0v) is 9.82. The molecule has 1 aromatic rings. The van der Waals surface area contributed by atoms with Crippen LogP contribution in [-0.2, 0) is 14.8 Å². The summed E-state index contributed by atoms with van der Waals surface area (Å²) in [5, 5.41) is 8.47. The van der Waals surface area contributed by atoms with Gasteiger partial charge in [0.25, 0.3) is 5.78 Å². The quantitative estimate of drug-likeness (QED) is 0.597. The lowest BCUT2D eigenvalue weighted by molar-refractivity contribution is -0.131. The lowest BCUT2D eigenvalue weighted by Gasteiger charge is -2.05. The maximum absolute atomic E-state index is 11.2. The van der Waals surface area contributed by atoms with Crippen LogP contribution in [0.4, 0.5) is 5.69 Å². The van der Waals surface area contributed by atoms with Gasteiger partial charge in [-0.25, -0.2) is 13.2 Å². The van der Waals surface area contributed by atoms with Gasteiger partial charge in [-0.3, -0.25) is 9.52 Å². The summed E-state index contributed by atoms with van der Waals surface area (Å²) in [5.41, 5.74) is 0.283. The van der Waals surface area contributed by atoms with Gasteiger partial charge in [0.2, 0.25) is 10.0 Å². The average Bonchev–Trinajstić information content (AvgIpc) is 2.28. The van der Waals surface area contributed by atoms with Crippen LogP contribution in [0, 0.1) is 0 Å². The van der Waals surface area contributed by atoms with Crippen molar-refractivity contribution in [2.75, 3.05) is 10.5 Å². The van der Waals surface area contributed by atoms with Crippen molar-refractivity contribution in [2.45, 2.75) is 6.92 Å². The predicted molar refractivity (Wildman–Crippen MR) is 61.5 cm³/mol. The van der Waals surface area contributed by atoms with E-state index in [0.717, 1.165) is 0 Å². The largest absolute Gasteiger partial charge is 0.475 e. The Morgan fingerprint density at radius 1 is 1.24 bits per heavy atom. The van der Waals surface area contributed by atoms with E-state index in [4.69, 9.17) is 5.11 Å². The molecular weight excluding hydrogens is 246 g/mol. The number of carbonyl (C=O) groups excluding carboxylic acids is 1. The first-order chi connectivity index (χ1) is 7.85. The fraction of sp³-hybridized carbons (Fsp3) is 0.200. The molecule has 2 N–H and O–H groups in total. The topological polar surface area (TPSA) is 101 Å². The van der Waals surface area contributed by atoms with Crippen molar-refractivity contribution >= 4 is 27.5 Å². The number of carboxylic acid groups (broad SMARTS) is 1. The zero-order valence-electron chi connectivity index (χ0n) is 9.00. The molecule has 0 aliphatic carbocycles. The summed E-state index contributed by atoms with van der Waals surface area (Å²) < 4.78 is 24.7. The molecule has 0 atom stereocenters. The minimum Gasteiger partial charge on any atom is -0.475 e. The van der Waals surface area contributed by atoms with Gasteiger partial charge in [-0.05, 0) is 31.2 Å². The molecule has 1 aromatic carbocycles. The number of hydrogen-bond donors (Lipinski definition) is 2. The third kappa shape index (κ3) is 3.56. The second kappa shape index (κ2) is 4.96. The summed E-state index contributed by atoms with van der Waals surface area (Å²) in [6, 6.07) is 5.18.